The second kappa shape index (κ2) is 6.57. The number of hydrogen-bond acceptors (Lipinski definition) is 3. The van der Waals surface area contributed by atoms with Crippen LogP contribution in [0.5, 0.6) is 0 Å². The van der Waals surface area contributed by atoms with Crippen LogP contribution >= 0.6 is 0 Å². The molecule has 0 spiro atoms. The van der Waals surface area contributed by atoms with E-state index < -0.39 is 24.8 Å². The maximum absolute atomic E-state index is 11.8. The zero-order valence-electron chi connectivity index (χ0n) is 7.74. The lowest BCUT2D eigenvalue weighted by atomic mass is 10.5. The topological polar surface area (TPSA) is 27.7 Å². The normalized spacial score (nSPS) is 11.3. The predicted molar refractivity (Wildman–Crippen MR) is 39.1 cm³/mol. The van der Waals surface area contributed by atoms with E-state index in [9.17, 15) is 22.0 Å². The monoisotopic (exact) mass is 236 g/mol. The Hall–Kier alpha value is -0.890. The van der Waals surface area contributed by atoms with Gasteiger partial charge in [0.25, 0.3) is 5.76 Å². The molecule has 0 saturated heterocycles. The molecule has 0 bridgehead atoms. The third kappa shape index (κ3) is 6.24. The standard InChI is InChI=1S/C7H9F5O3/c1-13-2-3-14-4-15-5(6(8)9)7(10,11)12/h2-4H2,1H3. The van der Waals surface area contributed by atoms with Crippen LogP contribution in [-0.2, 0) is 14.2 Å². The number of halogens is 5. The molecule has 0 aliphatic heterocycles. The fourth-order valence-corrected chi connectivity index (χ4v) is 0.545. The van der Waals surface area contributed by atoms with Gasteiger partial charge in [-0.15, -0.1) is 0 Å². The molecular formula is C7H9F5O3. The van der Waals surface area contributed by atoms with Crippen molar-refractivity contribution in [3.05, 3.63) is 11.8 Å². The highest BCUT2D eigenvalue weighted by Crippen LogP contribution is 2.30. The SMILES string of the molecule is COCCOCOC(=C(F)F)C(F)(F)F. The minimum Gasteiger partial charge on any atom is -0.458 e. The molecule has 0 unspecified atom stereocenters. The van der Waals surface area contributed by atoms with Crippen LogP contribution in [0.2, 0.25) is 0 Å². The van der Waals surface area contributed by atoms with Gasteiger partial charge in [-0.05, 0) is 0 Å². The smallest absolute Gasteiger partial charge is 0.454 e. The average Bonchev–Trinajstić information content (AvgIpc) is 2.08. The average molecular weight is 236 g/mol. The maximum Gasteiger partial charge on any atom is 0.454 e. The first-order chi connectivity index (χ1) is 6.89. The van der Waals surface area contributed by atoms with Gasteiger partial charge < -0.3 is 14.2 Å². The lowest BCUT2D eigenvalue weighted by Crippen LogP contribution is -2.17. The fraction of sp³-hybridized carbons (Fsp3) is 0.714. The van der Waals surface area contributed by atoms with Crippen LogP contribution in [-0.4, -0.2) is 33.3 Å². The van der Waals surface area contributed by atoms with Crippen LogP contribution in [0, 0.1) is 0 Å². The van der Waals surface area contributed by atoms with Gasteiger partial charge in [0.05, 0.1) is 13.2 Å². The Morgan fingerprint density at radius 1 is 1.13 bits per heavy atom. The summed E-state index contributed by atoms with van der Waals surface area (Å²) in [4.78, 5) is 0. The van der Waals surface area contributed by atoms with Crippen molar-refractivity contribution in [3.63, 3.8) is 0 Å². The van der Waals surface area contributed by atoms with Gasteiger partial charge >= 0.3 is 12.3 Å². The third-order valence-corrected chi connectivity index (χ3v) is 1.15. The molecule has 0 aromatic heterocycles. The number of allylic oxidation sites excluding steroid dienone is 1. The van der Waals surface area contributed by atoms with E-state index in [1.165, 1.54) is 7.11 Å². The van der Waals surface area contributed by atoms with E-state index in [2.05, 4.69) is 14.2 Å². The Labute approximate surface area is 82.4 Å². The van der Waals surface area contributed by atoms with E-state index >= 15 is 0 Å². The van der Waals surface area contributed by atoms with Crippen LogP contribution in [0.1, 0.15) is 0 Å². The van der Waals surface area contributed by atoms with Crippen molar-refractivity contribution in [1.82, 2.24) is 0 Å². The molecule has 90 valence electrons. The first-order valence-electron chi connectivity index (χ1n) is 3.71. The Balaban J connectivity index is 3.97. The van der Waals surface area contributed by atoms with Crippen molar-refractivity contribution in [2.45, 2.75) is 6.18 Å². The van der Waals surface area contributed by atoms with Gasteiger partial charge in [0, 0.05) is 7.11 Å². The second-order valence-electron chi connectivity index (χ2n) is 2.25. The number of alkyl halides is 3. The molecular weight excluding hydrogens is 227 g/mol. The van der Waals surface area contributed by atoms with E-state index in [-0.39, 0.29) is 13.2 Å². The molecule has 8 heteroatoms. The molecule has 0 radical (unpaired) electrons. The number of rotatable bonds is 6. The van der Waals surface area contributed by atoms with Crippen molar-refractivity contribution in [2.24, 2.45) is 0 Å². The van der Waals surface area contributed by atoms with E-state index in [1.54, 1.807) is 0 Å². The molecule has 0 amide bonds. The van der Waals surface area contributed by atoms with Gasteiger partial charge in [0.2, 0.25) is 0 Å². The molecule has 0 heterocycles. The minimum absolute atomic E-state index is 0.0461. The Morgan fingerprint density at radius 3 is 2.13 bits per heavy atom. The molecule has 0 saturated carbocycles. The van der Waals surface area contributed by atoms with Gasteiger partial charge in [-0.2, -0.15) is 22.0 Å². The van der Waals surface area contributed by atoms with Gasteiger partial charge in [-0.1, -0.05) is 0 Å². The van der Waals surface area contributed by atoms with Crippen molar-refractivity contribution >= 4 is 0 Å². The number of hydrogen-bond donors (Lipinski definition) is 0. The first-order valence-corrected chi connectivity index (χ1v) is 3.71. The maximum atomic E-state index is 11.8. The highest BCUT2D eigenvalue weighted by atomic mass is 19.4. The Morgan fingerprint density at radius 2 is 1.73 bits per heavy atom. The first kappa shape index (κ1) is 14.1. The summed E-state index contributed by atoms with van der Waals surface area (Å²) in [5.74, 6) is -2.33. The third-order valence-electron chi connectivity index (χ3n) is 1.15. The van der Waals surface area contributed by atoms with Gasteiger partial charge in [-0.25, -0.2) is 0 Å². The van der Waals surface area contributed by atoms with Gasteiger partial charge in [-0.3, -0.25) is 0 Å². The Kier molecular flexibility index (Phi) is 6.18. The van der Waals surface area contributed by atoms with E-state index in [4.69, 9.17) is 0 Å². The lowest BCUT2D eigenvalue weighted by molar-refractivity contribution is -0.159. The summed E-state index contributed by atoms with van der Waals surface area (Å²) in [5.41, 5.74) is 0. The summed E-state index contributed by atoms with van der Waals surface area (Å²) in [6, 6.07) is 0. The molecule has 0 aliphatic carbocycles. The van der Waals surface area contributed by atoms with Crippen LogP contribution in [0.3, 0.4) is 0 Å². The number of methoxy groups -OCH3 is 1. The van der Waals surface area contributed by atoms with Gasteiger partial charge in [0.1, 0.15) is 0 Å². The molecule has 0 aromatic rings. The summed E-state index contributed by atoms with van der Waals surface area (Å²) in [5, 5.41) is 0. The largest absolute Gasteiger partial charge is 0.458 e. The van der Waals surface area contributed by atoms with E-state index in [0.717, 1.165) is 0 Å². The van der Waals surface area contributed by atoms with Crippen LogP contribution in [0.4, 0.5) is 22.0 Å². The molecule has 0 aliphatic rings. The van der Waals surface area contributed by atoms with Crippen molar-refractivity contribution < 1.29 is 36.2 Å². The van der Waals surface area contributed by atoms with Crippen molar-refractivity contribution in [1.29, 1.82) is 0 Å². The summed E-state index contributed by atoms with van der Waals surface area (Å²) in [6.45, 7) is -0.822. The molecule has 3 nitrogen and oxygen atoms in total. The highest BCUT2D eigenvalue weighted by molar-refractivity contribution is 5.00. The van der Waals surface area contributed by atoms with Crippen molar-refractivity contribution in [2.75, 3.05) is 27.1 Å². The molecule has 0 aromatic carbocycles. The number of ether oxygens (including phenoxy) is 3. The minimum atomic E-state index is -5.22. The predicted octanol–water partition coefficient (Wildman–Crippen LogP) is 2.29. The molecule has 0 N–H and O–H groups in total. The Bertz CT molecular complexity index is 209. The molecule has 0 fully saturated rings. The summed E-state index contributed by atoms with van der Waals surface area (Å²) in [6.07, 6.45) is -8.15. The van der Waals surface area contributed by atoms with Crippen LogP contribution < -0.4 is 0 Å². The second-order valence-corrected chi connectivity index (χ2v) is 2.25. The van der Waals surface area contributed by atoms with Crippen LogP contribution in [0.15, 0.2) is 11.8 Å². The van der Waals surface area contributed by atoms with Crippen molar-refractivity contribution in [3.8, 4) is 0 Å². The lowest BCUT2D eigenvalue weighted by Gasteiger charge is -2.12. The molecule has 15 heavy (non-hydrogen) atoms. The quantitative estimate of drug-likeness (QED) is 0.306. The fourth-order valence-electron chi connectivity index (χ4n) is 0.545. The summed E-state index contributed by atoms with van der Waals surface area (Å²) >= 11 is 0. The summed E-state index contributed by atoms with van der Waals surface area (Å²) in [7, 11) is 1.35. The van der Waals surface area contributed by atoms with Gasteiger partial charge in [0.15, 0.2) is 6.79 Å². The summed E-state index contributed by atoms with van der Waals surface area (Å²) < 4.78 is 71.5. The molecule has 0 rings (SSSR count). The zero-order valence-corrected chi connectivity index (χ0v) is 7.74. The zero-order chi connectivity index (χ0) is 11.9. The van der Waals surface area contributed by atoms with Crippen LogP contribution in [0.25, 0.3) is 0 Å². The highest BCUT2D eigenvalue weighted by Gasteiger charge is 2.40. The van der Waals surface area contributed by atoms with E-state index in [0.29, 0.717) is 0 Å². The van der Waals surface area contributed by atoms with E-state index in [1.807, 2.05) is 0 Å². The molecule has 0 atom stereocenters.